The lowest BCUT2D eigenvalue weighted by Crippen LogP contribution is -2.25. The first-order chi connectivity index (χ1) is 6.88. The maximum atomic E-state index is 5.52. The van der Waals surface area contributed by atoms with Crippen molar-refractivity contribution in [2.75, 3.05) is 19.8 Å². The molecule has 0 amide bonds. The van der Waals surface area contributed by atoms with E-state index in [2.05, 4.69) is 19.2 Å². The van der Waals surface area contributed by atoms with Crippen LogP contribution >= 0.6 is 0 Å². The van der Waals surface area contributed by atoms with Gasteiger partial charge < -0.3 is 14.5 Å². The molecule has 14 heavy (non-hydrogen) atoms. The Kier molecular flexibility index (Phi) is 5.33. The molecule has 80 valence electrons. The predicted molar refractivity (Wildman–Crippen MR) is 56.2 cm³/mol. The first-order valence-corrected chi connectivity index (χ1v) is 5.21. The van der Waals surface area contributed by atoms with Crippen LogP contribution in [-0.4, -0.2) is 19.8 Å². The van der Waals surface area contributed by atoms with Gasteiger partial charge >= 0.3 is 0 Å². The SMILES string of the molecule is CCCOCC(NCC)c1ccoc1. The number of likely N-dealkylation sites (N-methyl/N-ethyl adjacent to an activating group) is 1. The fourth-order valence-electron chi connectivity index (χ4n) is 1.34. The van der Waals surface area contributed by atoms with Gasteiger partial charge in [0, 0.05) is 12.2 Å². The van der Waals surface area contributed by atoms with Crippen LogP contribution in [0.1, 0.15) is 31.9 Å². The van der Waals surface area contributed by atoms with E-state index < -0.39 is 0 Å². The first-order valence-electron chi connectivity index (χ1n) is 5.21. The van der Waals surface area contributed by atoms with Crippen molar-refractivity contribution >= 4 is 0 Å². The van der Waals surface area contributed by atoms with Crippen LogP contribution in [0.4, 0.5) is 0 Å². The molecule has 3 nitrogen and oxygen atoms in total. The van der Waals surface area contributed by atoms with Gasteiger partial charge in [-0.15, -0.1) is 0 Å². The van der Waals surface area contributed by atoms with E-state index in [1.54, 1.807) is 12.5 Å². The Labute approximate surface area is 85.4 Å². The monoisotopic (exact) mass is 197 g/mol. The van der Waals surface area contributed by atoms with Gasteiger partial charge in [0.05, 0.1) is 25.2 Å². The smallest absolute Gasteiger partial charge is 0.0951 e. The van der Waals surface area contributed by atoms with Crippen LogP contribution in [0.25, 0.3) is 0 Å². The van der Waals surface area contributed by atoms with Crippen molar-refractivity contribution in [3.8, 4) is 0 Å². The number of nitrogens with one attached hydrogen (secondary N) is 1. The van der Waals surface area contributed by atoms with Crippen molar-refractivity contribution in [3.63, 3.8) is 0 Å². The number of hydrogen-bond acceptors (Lipinski definition) is 3. The second-order valence-electron chi connectivity index (χ2n) is 3.24. The van der Waals surface area contributed by atoms with E-state index in [1.165, 1.54) is 0 Å². The molecule has 1 unspecified atom stereocenters. The van der Waals surface area contributed by atoms with E-state index in [-0.39, 0.29) is 6.04 Å². The van der Waals surface area contributed by atoms with Crippen LogP contribution in [0.2, 0.25) is 0 Å². The lowest BCUT2D eigenvalue weighted by atomic mass is 10.1. The molecular formula is C11H19NO2. The molecule has 1 N–H and O–H groups in total. The predicted octanol–water partition coefficient (Wildman–Crippen LogP) is 2.36. The number of furan rings is 1. The molecule has 0 radical (unpaired) electrons. The maximum absolute atomic E-state index is 5.52. The average molecular weight is 197 g/mol. The number of hydrogen-bond donors (Lipinski definition) is 1. The minimum absolute atomic E-state index is 0.255. The van der Waals surface area contributed by atoms with Crippen LogP contribution in [-0.2, 0) is 4.74 Å². The van der Waals surface area contributed by atoms with Gasteiger partial charge in [-0.3, -0.25) is 0 Å². The highest BCUT2D eigenvalue weighted by Crippen LogP contribution is 2.13. The summed E-state index contributed by atoms with van der Waals surface area (Å²) in [4.78, 5) is 0. The van der Waals surface area contributed by atoms with E-state index in [4.69, 9.17) is 9.15 Å². The Bertz CT molecular complexity index is 221. The van der Waals surface area contributed by atoms with Gasteiger partial charge in [-0.25, -0.2) is 0 Å². The first kappa shape index (κ1) is 11.3. The average Bonchev–Trinajstić information content (AvgIpc) is 2.70. The van der Waals surface area contributed by atoms with Crippen LogP contribution < -0.4 is 5.32 Å². The molecule has 1 atom stereocenters. The topological polar surface area (TPSA) is 34.4 Å². The summed E-state index contributed by atoms with van der Waals surface area (Å²) in [6, 6.07) is 2.23. The molecule has 1 rings (SSSR count). The van der Waals surface area contributed by atoms with Gasteiger partial charge in [0.15, 0.2) is 0 Å². The largest absolute Gasteiger partial charge is 0.472 e. The van der Waals surface area contributed by atoms with Crippen LogP contribution in [0.5, 0.6) is 0 Å². The molecule has 0 aliphatic heterocycles. The van der Waals surface area contributed by atoms with E-state index in [0.717, 1.165) is 25.1 Å². The van der Waals surface area contributed by atoms with E-state index in [1.807, 2.05) is 6.07 Å². The van der Waals surface area contributed by atoms with Crippen LogP contribution in [0.15, 0.2) is 23.0 Å². The quantitative estimate of drug-likeness (QED) is 0.681. The normalized spacial score (nSPS) is 13.0. The minimum Gasteiger partial charge on any atom is -0.472 e. The maximum Gasteiger partial charge on any atom is 0.0951 e. The molecule has 1 aromatic heterocycles. The molecule has 3 heteroatoms. The van der Waals surface area contributed by atoms with E-state index in [9.17, 15) is 0 Å². The summed E-state index contributed by atoms with van der Waals surface area (Å²) in [7, 11) is 0. The highest BCUT2D eigenvalue weighted by molar-refractivity contribution is 5.11. The minimum atomic E-state index is 0.255. The molecule has 0 saturated heterocycles. The van der Waals surface area contributed by atoms with Crippen molar-refractivity contribution in [1.29, 1.82) is 0 Å². The summed E-state index contributed by atoms with van der Waals surface area (Å²) >= 11 is 0. The summed E-state index contributed by atoms with van der Waals surface area (Å²) in [6.07, 6.45) is 4.52. The van der Waals surface area contributed by atoms with Gasteiger partial charge in [-0.2, -0.15) is 0 Å². The molecule has 1 heterocycles. The highest BCUT2D eigenvalue weighted by Gasteiger charge is 2.10. The zero-order valence-corrected chi connectivity index (χ0v) is 8.95. The Morgan fingerprint density at radius 1 is 1.50 bits per heavy atom. The zero-order valence-electron chi connectivity index (χ0n) is 8.95. The second-order valence-corrected chi connectivity index (χ2v) is 3.24. The molecule has 0 bridgehead atoms. The molecule has 0 aliphatic carbocycles. The summed E-state index contributed by atoms with van der Waals surface area (Å²) in [5, 5.41) is 3.36. The van der Waals surface area contributed by atoms with Crippen molar-refractivity contribution in [2.45, 2.75) is 26.3 Å². The zero-order chi connectivity index (χ0) is 10.2. The fraction of sp³-hybridized carbons (Fsp3) is 0.636. The Morgan fingerprint density at radius 3 is 2.93 bits per heavy atom. The number of rotatable bonds is 7. The Hall–Kier alpha value is -0.800. The molecular weight excluding hydrogens is 178 g/mol. The Morgan fingerprint density at radius 2 is 2.36 bits per heavy atom. The molecule has 0 aromatic carbocycles. The standard InChI is InChI=1S/C11H19NO2/c1-3-6-13-9-11(12-4-2)10-5-7-14-8-10/h5,7-8,11-12H,3-4,6,9H2,1-2H3. The van der Waals surface area contributed by atoms with Gasteiger partial charge in [0.1, 0.15) is 0 Å². The summed E-state index contributed by atoms with van der Waals surface area (Å²) in [5.74, 6) is 0. The fourth-order valence-corrected chi connectivity index (χ4v) is 1.34. The molecule has 0 spiro atoms. The van der Waals surface area contributed by atoms with Crippen LogP contribution in [0, 0.1) is 0 Å². The molecule has 0 saturated carbocycles. The summed E-state index contributed by atoms with van der Waals surface area (Å²) in [5.41, 5.74) is 1.16. The second kappa shape index (κ2) is 6.62. The van der Waals surface area contributed by atoms with Crippen LogP contribution in [0.3, 0.4) is 0 Å². The van der Waals surface area contributed by atoms with Gasteiger partial charge in [-0.1, -0.05) is 13.8 Å². The summed E-state index contributed by atoms with van der Waals surface area (Å²) in [6.45, 7) is 6.67. The number of ether oxygens (including phenoxy) is 1. The molecule has 0 aliphatic rings. The van der Waals surface area contributed by atoms with Crippen molar-refractivity contribution in [1.82, 2.24) is 5.32 Å². The molecule has 1 aromatic rings. The third kappa shape index (κ3) is 3.52. The third-order valence-electron chi connectivity index (χ3n) is 2.03. The van der Waals surface area contributed by atoms with Gasteiger partial charge in [0.2, 0.25) is 0 Å². The third-order valence-corrected chi connectivity index (χ3v) is 2.03. The van der Waals surface area contributed by atoms with Gasteiger partial charge in [-0.05, 0) is 19.0 Å². The van der Waals surface area contributed by atoms with Crippen molar-refractivity contribution < 1.29 is 9.15 Å². The van der Waals surface area contributed by atoms with E-state index in [0.29, 0.717) is 6.61 Å². The summed E-state index contributed by atoms with van der Waals surface area (Å²) < 4.78 is 10.6. The Balaban J connectivity index is 2.39. The van der Waals surface area contributed by atoms with Crippen molar-refractivity contribution in [2.24, 2.45) is 0 Å². The van der Waals surface area contributed by atoms with E-state index >= 15 is 0 Å². The molecule has 0 fully saturated rings. The lowest BCUT2D eigenvalue weighted by Gasteiger charge is -2.15. The lowest BCUT2D eigenvalue weighted by molar-refractivity contribution is 0.112. The highest BCUT2D eigenvalue weighted by atomic mass is 16.5. The van der Waals surface area contributed by atoms with Gasteiger partial charge in [0.25, 0.3) is 0 Å². The van der Waals surface area contributed by atoms with Crippen molar-refractivity contribution in [3.05, 3.63) is 24.2 Å².